The van der Waals surface area contributed by atoms with Crippen molar-refractivity contribution in [2.75, 3.05) is 6.54 Å². The van der Waals surface area contributed by atoms with Crippen LogP contribution in [0.3, 0.4) is 0 Å². The van der Waals surface area contributed by atoms with Gasteiger partial charge in [0.15, 0.2) is 5.82 Å². The molecule has 2 aliphatic rings. The largest absolute Gasteiger partial charge is 0.337 e. The Morgan fingerprint density at radius 2 is 2.26 bits per heavy atom. The third-order valence-electron chi connectivity index (χ3n) is 3.56. The Morgan fingerprint density at radius 3 is 3.00 bits per heavy atom. The summed E-state index contributed by atoms with van der Waals surface area (Å²) in [7, 11) is 0. The standard InChI is InChI=1S/C12H16N4O3/c1-2-4-9-13-10(19-14-9)7-16-11(17)8-5-3-6-15(8)12(16)18/h8H,2-7H2,1H3/t8-/m1/s1. The Kier molecular flexibility index (Phi) is 2.96. The lowest BCUT2D eigenvalue weighted by atomic mass is 10.2. The third-order valence-corrected chi connectivity index (χ3v) is 3.56. The lowest BCUT2D eigenvalue weighted by Crippen LogP contribution is -2.32. The monoisotopic (exact) mass is 264 g/mol. The van der Waals surface area contributed by atoms with Crippen LogP contribution in [0.4, 0.5) is 4.79 Å². The molecular formula is C12H16N4O3. The van der Waals surface area contributed by atoms with E-state index in [1.807, 2.05) is 6.92 Å². The SMILES string of the molecule is CCCc1noc(CN2C(=O)[C@H]3CCCN3C2=O)n1. The number of rotatable bonds is 4. The molecule has 0 aliphatic carbocycles. The van der Waals surface area contributed by atoms with Gasteiger partial charge in [-0.3, -0.25) is 9.69 Å². The van der Waals surface area contributed by atoms with Crippen LogP contribution >= 0.6 is 0 Å². The number of fused-ring (bicyclic) bond motifs is 1. The van der Waals surface area contributed by atoms with Crippen LogP contribution in [-0.2, 0) is 17.8 Å². The highest BCUT2D eigenvalue weighted by Gasteiger charge is 2.47. The fourth-order valence-electron chi connectivity index (χ4n) is 2.64. The average Bonchev–Trinajstić information content (AvgIpc) is 3.07. The van der Waals surface area contributed by atoms with E-state index in [1.54, 1.807) is 4.90 Å². The predicted molar refractivity (Wildman–Crippen MR) is 64.0 cm³/mol. The number of aryl methyl sites for hydroxylation is 1. The Morgan fingerprint density at radius 1 is 1.42 bits per heavy atom. The molecule has 1 aromatic rings. The molecule has 3 rings (SSSR count). The van der Waals surface area contributed by atoms with Crippen LogP contribution in [0.5, 0.6) is 0 Å². The zero-order chi connectivity index (χ0) is 13.4. The summed E-state index contributed by atoms with van der Waals surface area (Å²) in [5, 5.41) is 3.82. The van der Waals surface area contributed by atoms with E-state index in [-0.39, 0.29) is 24.5 Å². The summed E-state index contributed by atoms with van der Waals surface area (Å²) in [6, 6.07) is -0.506. The van der Waals surface area contributed by atoms with E-state index in [9.17, 15) is 9.59 Å². The summed E-state index contributed by atoms with van der Waals surface area (Å²) in [6.45, 7) is 2.77. The minimum Gasteiger partial charge on any atom is -0.337 e. The van der Waals surface area contributed by atoms with E-state index >= 15 is 0 Å². The topological polar surface area (TPSA) is 79.5 Å². The van der Waals surface area contributed by atoms with Crippen LogP contribution in [-0.4, -0.2) is 44.5 Å². The number of nitrogens with zero attached hydrogens (tertiary/aromatic N) is 4. The van der Waals surface area contributed by atoms with Gasteiger partial charge in [0.25, 0.3) is 5.91 Å². The molecule has 7 nitrogen and oxygen atoms in total. The van der Waals surface area contributed by atoms with Crippen molar-refractivity contribution >= 4 is 11.9 Å². The zero-order valence-corrected chi connectivity index (χ0v) is 10.8. The van der Waals surface area contributed by atoms with Crippen LogP contribution in [0.15, 0.2) is 4.52 Å². The molecule has 102 valence electrons. The summed E-state index contributed by atoms with van der Waals surface area (Å²) in [5.74, 6) is 0.807. The molecule has 2 fully saturated rings. The molecule has 19 heavy (non-hydrogen) atoms. The van der Waals surface area contributed by atoms with E-state index in [0.29, 0.717) is 18.3 Å². The van der Waals surface area contributed by atoms with Crippen molar-refractivity contribution in [1.29, 1.82) is 0 Å². The first-order valence-electron chi connectivity index (χ1n) is 6.64. The molecule has 2 aliphatic heterocycles. The van der Waals surface area contributed by atoms with Gasteiger partial charge in [-0.1, -0.05) is 12.1 Å². The molecule has 1 atom stereocenters. The third kappa shape index (κ3) is 1.98. The highest BCUT2D eigenvalue weighted by atomic mass is 16.5. The molecule has 0 aromatic carbocycles. The minimum atomic E-state index is -0.273. The van der Waals surface area contributed by atoms with Crippen LogP contribution < -0.4 is 0 Å². The van der Waals surface area contributed by atoms with Crippen LogP contribution in [0, 0.1) is 0 Å². The fraction of sp³-hybridized carbons (Fsp3) is 0.667. The number of carbonyl (C=O) groups is 2. The molecule has 0 spiro atoms. The summed E-state index contributed by atoms with van der Waals surface area (Å²) in [6.07, 6.45) is 3.32. The maximum atomic E-state index is 12.1. The van der Waals surface area contributed by atoms with E-state index in [2.05, 4.69) is 10.1 Å². The number of aromatic nitrogens is 2. The number of amides is 3. The van der Waals surface area contributed by atoms with Gasteiger partial charge >= 0.3 is 6.03 Å². The molecule has 0 saturated carbocycles. The van der Waals surface area contributed by atoms with Crippen LogP contribution in [0.2, 0.25) is 0 Å². The Balaban J connectivity index is 1.72. The summed E-state index contributed by atoms with van der Waals surface area (Å²) in [5.41, 5.74) is 0. The normalized spacial score (nSPS) is 22.5. The average molecular weight is 264 g/mol. The van der Waals surface area contributed by atoms with Crippen LogP contribution in [0.25, 0.3) is 0 Å². The zero-order valence-electron chi connectivity index (χ0n) is 10.8. The molecule has 3 heterocycles. The van der Waals surface area contributed by atoms with Gasteiger partial charge in [0.1, 0.15) is 12.6 Å². The van der Waals surface area contributed by atoms with Crippen molar-refractivity contribution in [1.82, 2.24) is 19.9 Å². The first-order valence-corrected chi connectivity index (χ1v) is 6.64. The lowest BCUT2D eigenvalue weighted by Gasteiger charge is -2.13. The van der Waals surface area contributed by atoms with E-state index in [1.165, 1.54) is 4.90 Å². The highest BCUT2D eigenvalue weighted by Crippen LogP contribution is 2.28. The number of carbonyl (C=O) groups excluding carboxylic acids is 2. The molecule has 0 unspecified atom stereocenters. The Hall–Kier alpha value is -1.92. The molecular weight excluding hydrogens is 248 g/mol. The van der Waals surface area contributed by atoms with Crippen molar-refractivity contribution < 1.29 is 14.1 Å². The quantitative estimate of drug-likeness (QED) is 0.756. The second-order valence-electron chi connectivity index (χ2n) is 4.91. The number of urea groups is 1. The lowest BCUT2D eigenvalue weighted by molar-refractivity contribution is -0.128. The van der Waals surface area contributed by atoms with Gasteiger partial charge in [0, 0.05) is 13.0 Å². The van der Waals surface area contributed by atoms with Crippen molar-refractivity contribution in [3.05, 3.63) is 11.7 Å². The Bertz CT molecular complexity index is 491. The van der Waals surface area contributed by atoms with E-state index < -0.39 is 0 Å². The van der Waals surface area contributed by atoms with Gasteiger partial charge < -0.3 is 9.42 Å². The second kappa shape index (κ2) is 4.64. The number of hydrogen-bond acceptors (Lipinski definition) is 5. The van der Waals surface area contributed by atoms with E-state index in [4.69, 9.17) is 4.52 Å². The summed E-state index contributed by atoms with van der Waals surface area (Å²) in [4.78, 5) is 31.2. The first-order chi connectivity index (χ1) is 9.20. The van der Waals surface area contributed by atoms with Gasteiger partial charge in [0.2, 0.25) is 5.89 Å². The molecule has 0 bridgehead atoms. The van der Waals surface area contributed by atoms with Gasteiger partial charge in [0.05, 0.1) is 0 Å². The minimum absolute atomic E-state index is 0.0847. The number of hydrogen-bond donors (Lipinski definition) is 0. The maximum Gasteiger partial charge on any atom is 0.327 e. The molecule has 7 heteroatoms. The van der Waals surface area contributed by atoms with Crippen molar-refractivity contribution in [3.63, 3.8) is 0 Å². The molecule has 1 aromatic heterocycles. The van der Waals surface area contributed by atoms with Gasteiger partial charge in [-0.2, -0.15) is 4.98 Å². The van der Waals surface area contributed by atoms with E-state index in [0.717, 1.165) is 25.7 Å². The van der Waals surface area contributed by atoms with Gasteiger partial charge in [-0.15, -0.1) is 0 Å². The predicted octanol–water partition coefficient (Wildman–Crippen LogP) is 0.949. The number of imide groups is 1. The molecule has 3 amide bonds. The fourth-order valence-corrected chi connectivity index (χ4v) is 2.64. The van der Waals surface area contributed by atoms with Crippen molar-refractivity contribution in [2.24, 2.45) is 0 Å². The summed E-state index contributed by atoms with van der Waals surface area (Å²) < 4.78 is 5.07. The Labute approximate surface area is 110 Å². The summed E-state index contributed by atoms with van der Waals surface area (Å²) >= 11 is 0. The molecule has 0 N–H and O–H groups in total. The molecule has 0 radical (unpaired) electrons. The van der Waals surface area contributed by atoms with Crippen molar-refractivity contribution in [3.8, 4) is 0 Å². The van der Waals surface area contributed by atoms with Crippen LogP contribution in [0.1, 0.15) is 37.9 Å². The maximum absolute atomic E-state index is 12.1. The molecule has 2 saturated heterocycles. The smallest absolute Gasteiger partial charge is 0.327 e. The van der Waals surface area contributed by atoms with Gasteiger partial charge in [-0.25, -0.2) is 4.79 Å². The van der Waals surface area contributed by atoms with Gasteiger partial charge in [-0.05, 0) is 19.3 Å². The second-order valence-corrected chi connectivity index (χ2v) is 4.91. The first kappa shape index (κ1) is 12.1. The highest BCUT2D eigenvalue weighted by molar-refractivity contribution is 6.04. The van der Waals surface area contributed by atoms with Crippen molar-refractivity contribution in [2.45, 2.75) is 45.2 Å².